The first-order chi connectivity index (χ1) is 12.3. The highest BCUT2D eigenvalue weighted by molar-refractivity contribution is 5.80. The number of aromatic nitrogens is 3. The van der Waals surface area contributed by atoms with Crippen molar-refractivity contribution >= 4 is 5.91 Å². The van der Waals surface area contributed by atoms with E-state index in [0.717, 1.165) is 6.42 Å². The molecule has 1 aliphatic carbocycles. The predicted molar refractivity (Wildman–Crippen MR) is 89.5 cm³/mol. The van der Waals surface area contributed by atoms with Gasteiger partial charge in [0.25, 0.3) is 0 Å². The van der Waals surface area contributed by atoms with Gasteiger partial charge in [-0.2, -0.15) is 4.98 Å². The number of hydrogen-bond donors (Lipinski definition) is 0. The molecule has 0 N–H and O–H groups in total. The Hall–Kier alpha value is -2.54. The predicted octanol–water partition coefficient (Wildman–Crippen LogP) is 2.04. The third-order valence-electron chi connectivity index (χ3n) is 4.73. The summed E-state index contributed by atoms with van der Waals surface area (Å²) in [7, 11) is 0. The number of amides is 1. The highest BCUT2D eigenvalue weighted by Crippen LogP contribution is 2.35. The summed E-state index contributed by atoms with van der Waals surface area (Å²) < 4.78 is 10.8. The summed E-state index contributed by atoms with van der Waals surface area (Å²) in [5.41, 5.74) is 0.667. The number of allylic oxidation sites excluding steroid dienone is 2. The highest BCUT2D eigenvalue weighted by atomic mass is 16.5. The second-order valence-electron chi connectivity index (χ2n) is 6.26. The highest BCUT2D eigenvalue weighted by Gasteiger charge is 2.36. The molecule has 1 aliphatic heterocycles. The molecule has 2 aliphatic rings. The number of morpholine rings is 1. The standard InChI is InChI=1S/C18H20N4O3/c23-18(22-9-11-24-12-10-22)14-6-2-1-5-13(14)17-20-16(21-25-17)15-7-3-4-8-19-15/h1-4,7-8,13-14H,5-6,9-12H2. The molecule has 7 heteroatoms. The van der Waals surface area contributed by atoms with Gasteiger partial charge < -0.3 is 14.2 Å². The molecule has 25 heavy (non-hydrogen) atoms. The number of carbonyl (C=O) groups is 1. The molecule has 0 spiro atoms. The molecule has 3 heterocycles. The fourth-order valence-electron chi connectivity index (χ4n) is 3.36. The average Bonchev–Trinajstić information content (AvgIpc) is 3.19. The van der Waals surface area contributed by atoms with Crippen LogP contribution in [0.4, 0.5) is 0 Å². The van der Waals surface area contributed by atoms with Crippen molar-refractivity contribution in [3.05, 3.63) is 42.4 Å². The van der Waals surface area contributed by atoms with Gasteiger partial charge >= 0.3 is 0 Å². The van der Waals surface area contributed by atoms with Crippen LogP contribution < -0.4 is 0 Å². The molecule has 2 unspecified atom stereocenters. The van der Waals surface area contributed by atoms with Crippen LogP contribution in [0.5, 0.6) is 0 Å². The summed E-state index contributed by atoms with van der Waals surface area (Å²) in [6, 6.07) is 5.56. The average molecular weight is 340 g/mol. The maximum absolute atomic E-state index is 12.9. The minimum absolute atomic E-state index is 0.0923. The Kier molecular flexibility index (Phi) is 4.56. The monoisotopic (exact) mass is 340 g/mol. The molecule has 1 fully saturated rings. The van der Waals surface area contributed by atoms with E-state index in [2.05, 4.69) is 27.3 Å². The molecule has 0 aromatic carbocycles. The molecular weight excluding hydrogens is 320 g/mol. The van der Waals surface area contributed by atoms with Crippen molar-refractivity contribution in [2.45, 2.75) is 18.8 Å². The fraction of sp³-hybridized carbons (Fsp3) is 0.444. The first-order valence-electron chi connectivity index (χ1n) is 8.59. The molecule has 0 saturated carbocycles. The molecule has 2 aromatic rings. The van der Waals surface area contributed by atoms with Crippen molar-refractivity contribution < 1.29 is 14.1 Å². The van der Waals surface area contributed by atoms with Gasteiger partial charge in [-0.05, 0) is 25.0 Å². The molecule has 130 valence electrons. The van der Waals surface area contributed by atoms with E-state index in [1.807, 2.05) is 23.1 Å². The number of hydrogen-bond acceptors (Lipinski definition) is 6. The van der Waals surface area contributed by atoms with E-state index in [1.165, 1.54) is 0 Å². The Morgan fingerprint density at radius 1 is 1.16 bits per heavy atom. The lowest BCUT2D eigenvalue weighted by atomic mass is 9.81. The number of rotatable bonds is 3. The largest absolute Gasteiger partial charge is 0.378 e. The van der Waals surface area contributed by atoms with Crippen LogP contribution in [-0.2, 0) is 9.53 Å². The lowest BCUT2D eigenvalue weighted by molar-refractivity contribution is -0.140. The summed E-state index contributed by atoms with van der Waals surface area (Å²) in [4.78, 5) is 23.6. The van der Waals surface area contributed by atoms with Crippen LogP contribution in [0.1, 0.15) is 24.7 Å². The fourth-order valence-corrected chi connectivity index (χ4v) is 3.36. The van der Waals surface area contributed by atoms with Crippen molar-refractivity contribution in [1.82, 2.24) is 20.0 Å². The van der Waals surface area contributed by atoms with Crippen molar-refractivity contribution in [1.29, 1.82) is 0 Å². The maximum Gasteiger partial charge on any atom is 0.231 e. The summed E-state index contributed by atoms with van der Waals surface area (Å²) in [6.07, 6.45) is 7.26. The molecule has 4 rings (SSSR count). The first kappa shape index (κ1) is 16.0. The van der Waals surface area contributed by atoms with Crippen LogP contribution in [0.25, 0.3) is 11.5 Å². The quantitative estimate of drug-likeness (QED) is 0.795. The van der Waals surface area contributed by atoms with Gasteiger partial charge in [0.2, 0.25) is 17.6 Å². The lowest BCUT2D eigenvalue weighted by Gasteiger charge is -2.33. The van der Waals surface area contributed by atoms with E-state index in [-0.39, 0.29) is 17.7 Å². The second kappa shape index (κ2) is 7.14. The molecule has 1 saturated heterocycles. The third kappa shape index (κ3) is 3.32. The maximum atomic E-state index is 12.9. The topological polar surface area (TPSA) is 81.3 Å². The van der Waals surface area contributed by atoms with E-state index < -0.39 is 0 Å². The van der Waals surface area contributed by atoms with Crippen LogP contribution in [0.3, 0.4) is 0 Å². The summed E-state index contributed by atoms with van der Waals surface area (Å²) in [6.45, 7) is 2.50. The number of pyridine rings is 1. The summed E-state index contributed by atoms with van der Waals surface area (Å²) in [5, 5.41) is 4.05. The Balaban J connectivity index is 1.56. The Morgan fingerprint density at radius 3 is 2.80 bits per heavy atom. The van der Waals surface area contributed by atoms with Crippen molar-refractivity contribution in [3.8, 4) is 11.5 Å². The normalized spacial score (nSPS) is 23.6. The molecule has 2 aromatic heterocycles. The zero-order chi connectivity index (χ0) is 17.1. The minimum Gasteiger partial charge on any atom is -0.378 e. The molecule has 2 atom stereocenters. The lowest BCUT2D eigenvalue weighted by Crippen LogP contribution is -2.45. The van der Waals surface area contributed by atoms with Crippen molar-refractivity contribution in [2.75, 3.05) is 26.3 Å². The third-order valence-corrected chi connectivity index (χ3v) is 4.73. The van der Waals surface area contributed by atoms with Gasteiger partial charge in [-0.1, -0.05) is 23.4 Å². The molecule has 7 nitrogen and oxygen atoms in total. The van der Waals surface area contributed by atoms with Gasteiger partial charge in [-0.15, -0.1) is 0 Å². The van der Waals surface area contributed by atoms with E-state index in [0.29, 0.717) is 50.1 Å². The van der Waals surface area contributed by atoms with Gasteiger partial charge in [0.15, 0.2) is 0 Å². The molecule has 0 radical (unpaired) electrons. The zero-order valence-electron chi connectivity index (χ0n) is 13.9. The van der Waals surface area contributed by atoms with E-state index in [1.54, 1.807) is 6.20 Å². The summed E-state index contributed by atoms with van der Waals surface area (Å²) >= 11 is 0. The van der Waals surface area contributed by atoms with Crippen molar-refractivity contribution in [2.24, 2.45) is 5.92 Å². The molecular formula is C18H20N4O3. The van der Waals surface area contributed by atoms with Crippen LogP contribution in [0, 0.1) is 5.92 Å². The van der Waals surface area contributed by atoms with E-state index >= 15 is 0 Å². The van der Waals surface area contributed by atoms with Gasteiger partial charge in [-0.25, -0.2) is 0 Å². The number of nitrogens with zero attached hydrogens (tertiary/aromatic N) is 4. The summed E-state index contributed by atoms with van der Waals surface area (Å²) in [5.74, 6) is 0.861. The number of ether oxygens (including phenoxy) is 1. The van der Waals surface area contributed by atoms with E-state index in [4.69, 9.17) is 9.26 Å². The second-order valence-corrected chi connectivity index (χ2v) is 6.26. The Bertz CT molecular complexity index is 753. The smallest absolute Gasteiger partial charge is 0.231 e. The van der Waals surface area contributed by atoms with Gasteiger partial charge in [-0.3, -0.25) is 9.78 Å². The van der Waals surface area contributed by atoms with Crippen molar-refractivity contribution in [3.63, 3.8) is 0 Å². The Morgan fingerprint density at radius 2 is 2.00 bits per heavy atom. The van der Waals surface area contributed by atoms with Gasteiger partial charge in [0, 0.05) is 19.3 Å². The SMILES string of the molecule is O=C(C1CC=CCC1c1nc(-c2ccccn2)no1)N1CCOCC1. The van der Waals surface area contributed by atoms with E-state index in [9.17, 15) is 4.79 Å². The van der Waals surface area contributed by atoms with Gasteiger partial charge in [0.05, 0.1) is 25.0 Å². The van der Waals surface area contributed by atoms with Gasteiger partial charge in [0.1, 0.15) is 5.69 Å². The van der Waals surface area contributed by atoms with Crippen LogP contribution >= 0.6 is 0 Å². The number of carbonyl (C=O) groups excluding carboxylic acids is 1. The zero-order valence-corrected chi connectivity index (χ0v) is 13.9. The van der Waals surface area contributed by atoms with Crippen LogP contribution in [0.2, 0.25) is 0 Å². The van der Waals surface area contributed by atoms with Crippen LogP contribution in [0.15, 0.2) is 41.1 Å². The minimum atomic E-state index is -0.167. The Labute approximate surface area is 145 Å². The first-order valence-corrected chi connectivity index (χ1v) is 8.59. The van der Waals surface area contributed by atoms with Crippen LogP contribution in [-0.4, -0.2) is 52.2 Å². The molecule has 1 amide bonds. The molecule has 0 bridgehead atoms.